The Hall–Kier alpha value is -2.69. The van der Waals surface area contributed by atoms with Gasteiger partial charge in [0.2, 0.25) is 5.91 Å². The molecule has 0 bridgehead atoms. The largest absolute Gasteiger partial charge is 0.308 e. The number of rotatable bonds is 3. The maximum atomic E-state index is 11.6. The van der Waals surface area contributed by atoms with Crippen molar-refractivity contribution >= 4 is 11.7 Å². The van der Waals surface area contributed by atoms with Gasteiger partial charge in [0.1, 0.15) is 36.6 Å². The van der Waals surface area contributed by atoms with Crippen LogP contribution in [-0.2, 0) is 18.4 Å². The molecular formula is C9H9N7O. The molecule has 0 aliphatic carbocycles. The van der Waals surface area contributed by atoms with Gasteiger partial charge in [0.05, 0.1) is 6.20 Å². The molecule has 0 saturated carbocycles. The van der Waals surface area contributed by atoms with Gasteiger partial charge >= 0.3 is 0 Å². The summed E-state index contributed by atoms with van der Waals surface area (Å²) in [5, 5.41) is 19.1. The summed E-state index contributed by atoms with van der Waals surface area (Å²) in [5.74, 6) is 0.0771. The predicted octanol–water partition coefficient (Wildman–Crippen LogP) is -0.478. The van der Waals surface area contributed by atoms with Crippen LogP contribution in [0.5, 0.6) is 0 Å². The van der Waals surface area contributed by atoms with Gasteiger partial charge in [-0.25, -0.2) is 9.67 Å². The summed E-state index contributed by atoms with van der Waals surface area (Å²) in [4.78, 5) is 15.4. The van der Waals surface area contributed by atoms with E-state index >= 15 is 0 Å². The summed E-state index contributed by atoms with van der Waals surface area (Å²) in [6.45, 7) is 0.0377. The Morgan fingerprint density at radius 2 is 2.41 bits per heavy atom. The molecule has 0 aliphatic rings. The second kappa shape index (κ2) is 4.44. The molecule has 8 nitrogen and oxygen atoms in total. The van der Waals surface area contributed by atoms with Gasteiger partial charge in [0, 0.05) is 7.05 Å². The van der Waals surface area contributed by atoms with E-state index < -0.39 is 0 Å². The zero-order valence-electron chi connectivity index (χ0n) is 9.03. The predicted molar refractivity (Wildman–Crippen MR) is 56.6 cm³/mol. The summed E-state index contributed by atoms with van der Waals surface area (Å²) in [5.41, 5.74) is 0.319. The van der Waals surface area contributed by atoms with Crippen LogP contribution in [0, 0.1) is 11.3 Å². The molecule has 0 saturated heterocycles. The molecule has 1 N–H and O–H groups in total. The van der Waals surface area contributed by atoms with Gasteiger partial charge in [-0.2, -0.15) is 15.5 Å². The van der Waals surface area contributed by atoms with E-state index in [1.807, 2.05) is 6.07 Å². The Labute approximate surface area is 96.5 Å². The van der Waals surface area contributed by atoms with E-state index in [4.69, 9.17) is 5.26 Å². The topological polar surface area (TPSA) is 101 Å². The van der Waals surface area contributed by atoms with Gasteiger partial charge in [-0.1, -0.05) is 0 Å². The minimum absolute atomic E-state index is 0.0377. The number of aryl methyl sites for hydroxylation is 1. The van der Waals surface area contributed by atoms with Crippen LogP contribution in [-0.4, -0.2) is 30.5 Å². The van der Waals surface area contributed by atoms with Crippen LogP contribution in [0.15, 0.2) is 18.9 Å². The third-order valence-corrected chi connectivity index (χ3v) is 2.09. The zero-order chi connectivity index (χ0) is 12.3. The van der Waals surface area contributed by atoms with Gasteiger partial charge in [0.25, 0.3) is 0 Å². The second-order valence-electron chi connectivity index (χ2n) is 3.28. The third-order valence-electron chi connectivity index (χ3n) is 2.09. The standard InChI is InChI=1S/C9H9N7O/c1-15-9(7(2-10)3-12-15)14-8(17)4-16-6-11-5-13-16/h3,5-6H,4H2,1H3,(H,14,17). The van der Waals surface area contributed by atoms with E-state index in [1.54, 1.807) is 7.05 Å². The Morgan fingerprint density at radius 3 is 3.06 bits per heavy atom. The molecule has 0 aromatic carbocycles. The van der Waals surface area contributed by atoms with E-state index in [2.05, 4.69) is 20.5 Å². The average Bonchev–Trinajstić information content (AvgIpc) is 2.90. The van der Waals surface area contributed by atoms with Crippen molar-refractivity contribution in [2.45, 2.75) is 6.54 Å². The molecule has 0 aliphatic heterocycles. The molecule has 0 radical (unpaired) electrons. The van der Waals surface area contributed by atoms with Crippen LogP contribution < -0.4 is 5.32 Å². The number of carbonyl (C=O) groups is 1. The smallest absolute Gasteiger partial charge is 0.247 e. The van der Waals surface area contributed by atoms with Crippen molar-refractivity contribution in [1.29, 1.82) is 5.26 Å². The molecule has 2 aromatic heterocycles. The fraction of sp³-hybridized carbons (Fsp3) is 0.222. The lowest BCUT2D eigenvalue weighted by molar-refractivity contribution is -0.117. The van der Waals surface area contributed by atoms with Crippen LogP contribution in [0.2, 0.25) is 0 Å². The molecule has 17 heavy (non-hydrogen) atoms. The van der Waals surface area contributed by atoms with E-state index in [0.717, 1.165) is 0 Å². The highest BCUT2D eigenvalue weighted by Crippen LogP contribution is 2.12. The zero-order valence-corrected chi connectivity index (χ0v) is 9.03. The molecule has 2 heterocycles. The second-order valence-corrected chi connectivity index (χ2v) is 3.28. The van der Waals surface area contributed by atoms with Crippen LogP contribution in [0.1, 0.15) is 5.56 Å². The Balaban J connectivity index is 2.08. The molecular weight excluding hydrogens is 222 g/mol. The quantitative estimate of drug-likeness (QED) is 0.768. The van der Waals surface area contributed by atoms with Gasteiger partial charge in [-0.3, -0.25) is 9.48 Å². The first-order valence-electron chi connectivity index (χ1n) is 4.75. The van der Waals surface area contributed by atoms with Crippen molar-refractivity contribution in [2.24, 2.45) is 7.05 Å². The number of hydrogen-bond donors (Lipinski definition) is 1. The molecule has 0 atom stereocenters. The summed E-state index contributed by atoms with van der Waals surface area (Å²) in [6, 6.07) is 1.95. The van der Waals surface area contributed by atoms with Gasteiger partial charge in [0.15, 0.2) is 0 Å². The summed E-state index contributed by atoms with van der Waals surface area (Å²) in [7, 11) is 1.64. The van der Waals surface area contributed by atoms with Crippen molar-refractivity contribution in [3.8, 4) is 6.07 Å². The molecule has 2 rings (SSSR count). The van der Waals surface area contributed by atoms with Crippen molar-refractivity contribution in [3.05, 3.63) is 24.4 Å². The maximum Gasteiger partial charge on any atom is 0.247 e. The highest BCUT2D eigenvalue weighted by Gasteiger charge is 2.11. The molecule has 86 valence electrons. The number of hydrogen-bond acceptors (Lipinski definition) is 5. The van der Waals surface area contributed by atoms with Crippen LogP contribution in [0.4, 0.5) is 5.82 Å². The normalized spacial score (nSPS) is 9.88. The number of carbonyl (C=O) groups excluding carboxylic acids is 1. The van der Waals surface area contributed by atoms with Crippen molar-refractivity contribution in [1.82, 2.24) is 24.5 Å². The van der Waals surface area contributed by atoms with E-state index in [9.17, 15) is 4.79 Å². The maximum absolute atomic E-state index is 11.6. The Morgan fingerprint density at radius 1 is 1.59 bits per heavy atom. The first-order valence-corrected chi connectivity index (χ1v) is 4.75. The third kappa shape index (κ3) is 2.28. The summed E-state index contributed by atoms with van der Waals surface area (Å²) >= 11 is 0. The van der Waals surface area contributed by atoms with E-state index in [0.29, 0.717) is 11.4 Å². The lowest BCUT2D eigenvalue weighted by Crippen LogP contribution is -2.21. The number of nitrogens with one attached hydrogen (secondary N) is 1. The van der Waals surface area contributed by atoms with Crippen LogP contribution >= 0.6 is 0 Å². The van der Waals surface area contributed by atoms with Crippen molar-refractivity contribution in [2.75, 3.05) is 5.32 Å². The minimum Gasteiger partial charge on any atom is -0.308 e. The lowest BCUT2D eigenvalue weighted by Gasteiger charge is -2.05. The highest BCUT2D eigenvalue weighted by atomic mass is 16.2. The SMILES string of the molecule is Cn1ncc(C#N)c1NC(=O)Cn1cncn1. The Bertz CT molecular complexity index is 563. The highest BCUT2D eigenvalue weighted by molar-refractivity contribution is 5.90. The number of anilines is 1. The van der Waals surface area contributed by atoms with Gasteiger partial charge in [-0.15, -0.1) is 0 Å². The first-order chi connectivity index (χ1) is 8.20. The number of nitrogens with zero attached hydrogens (tertiary/aromatic N) is 6. The minimum atomic E-state index is -0.296. The summed E-state index contributed by atoms with van der Waals surface area (Å²) < 4.78 is 2.82. The fourth-order valence-electron chi connectivity index (χ4n) is 1.30. The van der Waals surface area contributed by atoms with Crippen molar-refractivity contribution < 1.29 is 4.79 Å². The van der Waals surface area contributed by atoms with Crippen LogP contribution in [0.25, 0.3) is 0 Å². The monoisotopic (exact) mass is 231 g/mol. The van der Waals surface area contributed by atoms with E-state index in [-0.39, 0.29) is 12.5 Å². The lowest BCUT2D eigenvalue weighted by atomic mass is 10.3. The molecule has 0 fully saturated rings. The van der Waals surface area contributed by atoms with E-state index in [1.165, 1.54) is 28.2 Å². The first kappa shape index (κ1) is 10.8. The number of nitriles is 1. The van der Waals surface area contributed by atoms with Gasteiger partial charge < -0.3 is 5.32 Å². The fourth-order valence-corrected chi connectivity index (χ4v) is 1.30. The average molecular weight is 231 g/mol. The molecule has 0 unspecified atom stereocenters. The Kier molecular flexibility index (Phi) is 2.83. The summed E-state index contributed by atoms with van der Waals surface area (Å²) in [6.07, 6.45) is 4.18. The molecule has 1 amide bonds. The van der Waals surface area contributed by atoms with Crippen molar-refractivity contribution in [3.63, 3.8) is 0 Å². The van der Waals surface area contributed by atoms with Gasteiger partial charge in [-0.05, 0) is 0 Å². The van der Waals surface area contributed by atoms with Crippen LogP contribution in [0.3, 0.4) is 0 Å². The molecule has 8 heteroatoms. The number of amides is 1. The number of aromatic nitrogens is 5. The molecule has 0 spiro atoms. The molecule has 2 aromatic rings.